The molecule has 6 nitrogen and oxygen atoms in total. The highest BCUT2D eigenvalue weighted by atomic mass is 35.5. The van der Waals surface area contributed by atoms with Crippen LogP contribution in [0, 0.1) is 13.8 Å². The fourth-order valence-corrected chi connectivity index (χ4v) is 6.21. The summed E-state index contributed by atoms with van der Waals surface area (Å²) in [6, 6.07) is 12.3. The second-order valence-corrected chi connectivity index (χ2v) is 11.8. The molecule has 0 spiro atoms. The number of benzene rings is 2. The molecule has 4 aromatic rings. The zero-order valence-electron chi connectivity index (χ0n) is 21.2. The number of pyridine rings is 1. The molecular formula is C29H29ClN4O2S. The fourth-order valence-electron chi connectivity index (χ4n) is 5.05. The van der Waals surface area contributed by atoms with Crippen LogP contribution in [-0.4, -0.2) is 47.0 Å². The second-order valence-electron chi connectivity index (χ2n) is 10.2. The van der Waals surface area contributed by atoms with E-state index in [0.29, 0.717) is 23.2 Å². The zero-order valence-corrected chi connectivity index (χ0v) is 22.7. The normalized spacial score (nSPS) is 18.4. The third-order valence-corrected chi connectivity index (χ3v) is 9.00. The van der Waals surface area contributed by atoms with Crippen molar-refractivity contribution in [3.8, 4) is 16.2 Å². The van der Waals surface area contributed by atoms with Crippen molar-refractivity contribution in [3.05, 3.63) is 75.5 Å². The molecule has 8 heteroatoms. The van der Waals surface area contributed by atoms with Crippen molar-refractivity contribution in [1.29, 1.82) is 0 Å². The van der Waals surface area contributed by atoms with Crippen molar-refractivity contribution in [2.45, 2.75) is 44.7 Å². The van der Waals surface area contributed by atoms with Crippen LogP contribution < -0.4 is 10.1 Å². The zero-order chi connectivity index (χ0) is 25.7. The summed E-state index contributed by atoms with van der Waals surface area (Å²) in [6.07, 6.45) is 6.47. The van der Waals surface area contributed by atoms with E-state index in [0.717, 1.165) is 69.0 Å². The smallest absolute Gasteiger partial charge is 0.252 e. The van der Waals surface area contributed by atoms with Gasteiger partial charge in [-0.1, -0.05) is 23.7 Å². The van der Waals surface area contributed by atoms with Crippen LogP contribution in [0.25, 0.3) is 21.3 Å². The largest absolute Gasteiger partial charge is 0.492 e. The summed E-state index contributed by atoms with van der Waals surface area (Å²) in [5.41, 5.74) is 3.80. The average molecular weight is 533 g/mol. The van der Waals surface area contributed by atoms with Crippen LogP contribution in [0.4, 0.5) is 0 Å². The fraction of sp³-hybridized carbons (Fsp3) is 0.345. The third kappa shape index (κ3) is 4.49. The number of thiazole rings is 1. The van der Waals surface area contributed by atoms with E-state index in [1.54, 1.807) is 17.5 Å². The van der Waals surface area contributed by atoms with Crippen molar-refractivity contribution in [3.63, 3.8) is 0 Å². The van der Waals surface area contributed by atoms with Gasteiger partial charge >= 0.3 is 0 Å². The van der Waals surface area contributed by atoms with E-state index in [1.165, 1.54) is 0 Å². The van der Waals surface area contributed by atoms with Gasteiger partial charge in [0.2, 0.25) is 0 Å². The third-order valence-electron chi connectivity index (χ3n) is 7.67. The lowest BCUT2D eigenvalue weighted by atomic mass is 9.95. The molecule has 2 aromatic heterocycles. The van der Waals surface area contributed by atoms with Gasteiger partial charge in [-0.15, -0.1) is 11.3 Å². The molecule has 1 atom stereocenters. The Bertz CT molecular complexity index is 1510. The monoisotopic (exact) mass is 532 g/mol. The Kier molecular flexibility index (Phi) is 6.18. The number of halogens is 1. The minimum absolute atomic E-state index is 0.0941. The summed E-state index contributed by atoms with van der Waals surface area (Å²) in [6.45, 7) is 5.68. The molecule has 0 bridgehead atoms. The Balaban J connectivity index is 1.32. The summed E-state index contributed by atoms with van der Waals surface area (Å²) >= 11 is 8.46. The van der Waals surface area contributed by atoms with Gasteiger partial charge in [0.05, 0.1) is 26.0 Å². The van der Waals surface area contributed by atoms with E-state index >= 15 is 0 Å². The van der Waals surface area contributed by atoms with Crippen LogP contribution in [0.5, 0.6) is 5.75 Å². The number of nitrogens with one attached hydrogen (secondary N) is 1. The summed E-state index contributed by atoms with van der Waals surface area (Å²) in [5, 5.41) is 5.93. The molecule has 1 saturated heterocycles. The molecular weight excluding hydrogens is 504 g/mol. The number of hydrogen-bond acceptors (Lipinski definition) is 6. The highest BCUT2D eigenvalue weighted by Crippen LogP contribution is 2.51. The Morgan fingerprint density at radius 1 is 1.24 bits per heavy atom. The van der Waals surface area contributed by atoms with Gasteiger partial charge in [0.25, 0.3) is 5.91 Å². The lowest BCUT2D eigenvalue weighted by molar-refractivity contribution is 0.0767. The minimum Gasteiger partial charge on any atom is -0.492 e. The topological polar surface area (TPSA) is 67.3 Å². The average Bonchev–Trinajstić information content (AvgIpc) is 3.54. The maximum absolute atomic E-state index is 13.6. The van der Waals surface area contributed by atoms with E-state index in [9.17, 15) is 4.79 Å². The van der Waals surface area contributed by atoms with Crippen molar-refractivity contribution in [2.75, 3.05) is 20.2 Å². The van der Waals surface area contributed by atoms with E-state index < -0.39 is 5.54 Å². The summed E-state index contributed by atoms with van der Waals surface area (Å²) in [5.74, 6) is 0.633. The van der Waals surface area contributed by atoms with Crippen LogP contribution >= 0.6 is 22.9 Å². The van der Waals surface area contributed by atoms with Gasteiger partial charge in [0, 0.05) is 34.9 Å². The first-order chi connectivity index (χ1) is 17.8. The van der Waals surface area contributed by atoms with E-state index in [4.69, 9.17) is 16.3 Å². The molecule has 1 aliphatic carbocycles. The molecule has 1 saturated carbocycles. The molecule has 1 aliphatic heterocycles. The maximum Gasteiger partial charge on any atom is 0.252 e. The number of aryl methyl sites for hydroxylation is 2. The molecule has 1 N–H and O–H groups in total. The number of nitrogens with zero attached hydrogens (tertiary/aromatic N) is 3. The number of ether oxygens (including phenoxy) is 1. The van der Waals surface area contributed by atoms with Gasteiger partial charge in [-0.05, 0) is 82.1 Å². The Morgan fingerprint density at radius 3 is 2.76 bits per heavy atom. The van der Waals surface area contributed by atoms with Crippen molar-refractivity contribution in [1.82, 2.24) is 20.2 Å². The van der Waals surface area contributed by atoms with Gasteiger partial charge in [-0.2, -0.15) is 0 Å². The van der Waals surface area contributed by atoms with Crippen LogP contribution in [-0.2, 0) is 5.54 Å². The van der Waals surface area contributed by atoms with Gasteiger partial charge < -0.3 is 10.1 Å². The number of aromatic nitrogens is 2. The predicted molar refractivity (Wildman–Crippen MR) is 149 cm³/mol. The number of carbonyl (C=O) groups is 1. The molecule has 2 fully saturated rings. The molecule has 190 valence electrons. The predicted octanol–water partition coefficient (Wildman–Crippen LogP) is 6.13. The molecule has 6 rings (SSSR count). The van der Waals surface area contributed by atoms with Gasteiger partial charge in [0.1, 0.15) is 12.4 Å². The SMILES string of the molecule is Cc1ncc(-c2cc(C3(NC(=O)c4cc(OCC5CCN5C)ccc4C)CC3)c3cccnc3c2Cl)s1. The number of carbonyl (C=O) groups excluding carboxylic acids is 1. The van der Waals surface area contributed by atoms with Gasteiger partial charge in [-0.3, -0.25) is 14.7 Å². The van der Waals surface area contributed by atoms with Gasteiger partial charge in [0.15, 0.2) is 0 Å². The van der Waals surface area contributed by atoms with E-state index in [-0.39, 0.29) is 5.91 Å². The second kappa shape index (κ2) is 9.39. The molecule has 2 aliphatic rings. The maximum atomic E-state index is 13.6. The molecule has 37 heavy (non-hydrogen) atoms. The quantitative estimate of drug-likeness (QED) is 0.310. The number of amides is 1. The van der Waals surface area contributed by atoms with Crippen molar-refractivity contribution in [2.24, 2.45) is 0 Å². The Morgan fingerprint density at radius 2 is 2.08 bits per heavy atom. The highest BCUT2D eigenvalue weighted by Gasteiger charge is 2.47. The molecule has 1 unspecified atom stereocenters. The van der Waals surface area contributed by atoms with Crippen molar-refractivity contribution < 1.29 is 9.53 Å². The summed E-state index contributed by atoms with van der Waals surface area (Å²) < 4.78 is 6.04. The first kappa shape index (κ1) is 24.3. The summed E-state index contributed by atoms with van der Waals surface area (Å²) in [7, 11) is 2.11. The number of likely N-dealkylation sites (N-methyl/N-ethyl adjacent to an activating group) is 1. The number of likely N-dealkylation sites (tertiary alicyclic amines) is 1. The number of rotatable bonds is 7. The van der Waals surface area contributed by atoms with Crippen molar-refractivity contribution >= 4 is 39.7 Å². The molecule has 0 radical (unpaired) electrons. The van der Waals surface area contributed by atoms with Gasteiger partial charge in [-0.25, -0.2) is 4.98 Å². The Hall–Kier alpha value is -3.00. The Labute approximate surface area is 225 Å². The first-order valence-corrected chi connectivity index (χ1v) is 13.8. The number of fused-ring (bicyclic) bond motifs is 1. The summed E-state index contributed by atoms with van der Waals surface area (Å²) in [4.78, 5) is 26.0. The van der Waals surface area contributed by atoms with Crippen LogP contribution in [0.3, 0.4) is 0 Å². The molecule has 1 amide bonds. The minimum atomic E-state index is -0.463. The first-order valence-electron chi connectivity index (χ1n) is 12.6. The highest BCUT2D eigenvalue weighted by molar-refractivity contribution is 7.15. The van der Waals surface area contributed by atoms with E-state index in [1.807, 2.05) is 50.4 Å². The lowest BCUT2D eigenvalue weighted by Crippen LogP contribution is -2.48. The molecule has 2 aromatic carbocycles. The lowest BCUT2D eigenvalue weighted by Gasteiger charge is -2.37. The van der Waals surface area contributed by atoms with Crippen LogP contribution in [0.15, 0.2) is 48.8 Å². The van der Waals surface area contributed by atoms with E-state index in [2.05, 4.69) is 33.3 Å². The standard InChI is InChI=1S/C29H29ClN4O2S/c1-17-6-7-20(36-16-19-8-12-34(19)3)13-22(17)28(35)33-29(9-10-29)24-14-23(25-15-32-18(2)37-25)26(30)27-21(24)5-4-11-31-27/h4-7,11,13-15,19H,8-10,12,16H2,1-3H3,(H,33,35). The van der Waals surface area contributed by atoms with Crippen LogP contribution in [0.1, 0.15) is 45.8 Å². The number of hydrogen-bond donors (Lipinski definition) is 1. The molecule has 3 heterocycles. The van der Waals surface area contributed by atoms with Crippen LogP contribution in [0.2, 0.25) is 5.02 Å².